The van der Waals surface area contributed by atoms with Gasteiger partial charge in [-0.05, 0) is 13.8 Å². The van der Waals surface area contributed by atoms with Crippen molar-refractivity contribution in [2.45, 2.75) is 50.7 Å². The van der Waals surface area contributed by atoms with Gasteiger partial charge in [0, 0.05) is 69.0 Å². The molecule has 0 bridgehead atoms. The number of carbonyl (C=O) groups excluding carboxylic acids is 1. The van der Waals surface area contributed by atoms with Gasteiger partial charge in [-0.25, -0.2) is 24.3 Å². The third kappa shape index (κ3) is 5.32. The number of allylic oxidation sites excluding steroid dienone is 1. The van der Waals surface area contributed by atoms with E-state index in [0.717, 1.165) is 17.6 Å². The van der Waals surface area contributed by atoms with E-state index in [4.69, 9.17) is 0 Å². The molecule has 2 saturated heterocycles. The molecule has 0 amide bonds. The Labute approximate surface area is 222 Å². The van der Waals surface area contributed by atoms with E-state index in [9.17, 15) is 22.4 Å². The first-order valence-corrected chi connectivity index (χ1v) is 12.6. The number of aldehydes is 1. The fourth-order valence-electron chi connectivity index (χ4n) is 5.54. The van der Waals surface area contributed by atoms with Gasteiger partial charge in [-0.3, -0.25) is 9.20 Å². The molecule has 10 nitrogen and oxygen atoms in total. The van der Waals surface area contributed by atoms with Crippen LogP contribution < -0.4 is 15.1 Å². The molecule has 208 valence electrons. The highest BCUT2D eigenvalue weighted by molar-refractivity contribution is 5.73. The number of nitrogens with zero attached hydrogens (tertiary/aromatic N) is 8. The fourth-order valence-corrected chi connectivity index (χ4v) is 5.54. The lowest BCUT2D eigenvalue weighted by Gasteiger charge is -2.46. The maximum atomic E-state index is 14.8. The van der Waals surface area contributed by atoms with Gasteiger partial charge in [0.05, 0.1) is 24.0 Å². The first kappa shape index (κ1) is 26.6. The van der Waals surface area contributed by atoms with E-state index in [1.165, 1.54) is 0 Å². The maximum absolute atomic E-state index is 14.8. The van der Waals surface area contributed by atoms with Gasteiger partial charge in [-0.2, -0.15) is 13.2 Å². The molecule has 3 aromatic heterocycles. The van der Waals surface area contributed by atoms with Crippen molar-refractivity contribution >= 4 is 29.5 Å². The number of fused-ring (bicyclic) bond motifs is 1. The third-order valence-electron chi connectivity index (χ3n) is 7.10. The Bertz CT molecular complexity index is 1330. The van der Waals surface area contributed by atoms with Crippen molar-refractivity contribution < 1.29 is 22.4 Å². The highest BCUT2D eigenvalue weighted by Gasteiger charge is 2.34. The molecular formula is C25H29F4N9O. The van der Waals surface area contributed by atoms with Crippen molar-refractivity contribution in [1.82, 2.24) is 29.2 Å². The second-order valence-electron chi connectivity index (χ2n) is 10.1. The summed E-state index contributed by atoms with van der Waals surface area (Å²) in [5.74, 6) is 1.26. The summed E-state index contributed by atoms with van der Waals surface area (Å²) < 4.78 is 55.1. The number of carbonyl (C=O) groups is 1. The topological polar surface area (TPSA) is 94.8 Å². The van der Waals surface area contributed by atoms with Gasteiger partial charge in [0.2, 0.25) is 11.9 Å². The number of hydrogen-bond acceptors (Lipinski definition) is 9. The number of anilines is 3. The predicted molar refractivity (Wildman–Crippen MR) is 137 cm³/mol. The number of hydrogen-bond donors (Lipinski definition) is 1. The van der Waals surface area contributed by atoms with Crippen LogP contribution in [0.5, 0.6) is 0 Å². The van der Waals surface area contributed by atoms with E-state index in [1.807, 2.05) is 23.1 Å². The second kappa shape index (κ2) is 10.3. The molecule has 0 unspecified atom stereocenters. The van der Waals surface area contributed by atoms with Crippen LogP contribution in [0.1, 0.15) is 25.8 Å². The van der Waals surface area contributed by atoms with Crippen LogP contribution in [0.25, 0.3) is 5.52 Å². The lowest BCUT2D eigenvalue weighted by atomic mass is 10.0. The Kier molecular flexibility index (Phi) is 7.03. The standard InChI is InChI=1S/C25H29F4N9O/c1-15-10-35(11-16(2)38(15)17(3)14-39)22-21-9-33-24(37(21)5-4-30-22)36-12-19(26)6-20(13-36)34-23-31-7-18(8-32-23)25(27,28)29/h4-5,7-9,14-16,19-20H,3,6,10-13H2,1-2H3,(H,31,32,34)/t15-,16+,19-,20-/m1/s1. The van der Waals surface area contributed by atoms with Crippen LogP contribution in [0.15, 0.2) is 43.3 Å². The summed E-state index contributed by atoms with van der Waals surface area (Å²) in [7, 11) is 0. The Hall–Kier alpha value is -3.97. The molecule has 0 aromatic carbocycles. The number of rotatable bonds is 6. The predicted octanol–water partition coefficient (Wildman–Crippen LogP) is 3.18. The van der Waals surface area contributed by atoms with E-state index in [1.54, 1.807) is 23.5 Å². The SMILES string of the molecule is C=C(C=O)N1[C@H](C)CN(c2nccn3c(N4C[C@H](F)C[C@@H](Nc5ncc(C(F)(F)F)cn5)C4)ncc23)C[C@@H]1C. The summed E-state index contributed by atoms with van der Waals surface area (Å²) in [6, 6.07) is -0.381. The molecule has 5 rings (SSSR count). The number of nitrogens with one attached hydrogen (secondary N) is 1. The van der Waals surface area contributed by atoms with Gasteiger partial charge in [-0.1, -0.05) is 6.58 Å². The number of piperidine rings is 1. The summed E-state index contributed by atoms with van der Waals surface area (Å²) in [6.07, 6.45) is 1.74. The summed E-state index contributed by atoms with van der Waals surface area (Å²) in [5.41, 5.74) is 0.253. The molecule has 14 heteroatoms. The van der Waals surface area contributed by atoms with Gasteiger partial charge in [0.1, 0.15) is 11.7 Å². The molecule has 4 atom stereocenters. The van der Waals surface area contributed by atoms with E-state index in [-0.39, 0.29) is 31.0 Å². The molecule has 1 N–H and O–H groups in total. The zero-order chi connectivity index (χ0) is 27.9. The molecule has 0 saturated carbocycles. The number of halogens is 4. The van der Waals surface area contributed by atoms with Crippen LogP contribution in [-0.2, 0) is 11.0 Å². The van der Waals surface area contributed by atoms with Gasteiger partial charge >= 0.3 is 6.18 Å². The summed E-state index contributed by atoms with van der Waals surface area (Å²) in [6.45, 7) is 9.64. The highest BCUT2D eigenvalue weighted by Crippen LogP contribution is 2.31. The first-order chi connectivity index (χ1) is 18.5. The van der Waals surface area contributed by atoms with Crippen LogP contribution in [-0.4, -0.2) is 86.0 Å². The lowest BCUT2D eigenvalue weighted by molar-refractivity contribution is -0.138. The zero-order valence-corrected chi connectivity index (χ0v) is 21.5. The lowest BCUT2D eigenvalue weighted by Crippen LogP contribution is -2.56. The van der Waals surface area contributed by atoms with Crippen molar-refractivity contribution in [1.29, 1.82) is 0 Å². The van der Waals surface area contributed by atoms with Crippen molar-refractivity contribution in [3.8, 4) is 0 Å². The molecule has 0 radical (unpaired) electrons. The van der Waals surface area contributed by atoms with Gasteiger partial charge < -0.3 is 20.0 Å². The average molecular weight is 548 g/mol. The zero-order valence-electron chi connectivity index (χ0n) is 21.5. The molecular weight excluding hydrogens is 518 g/mol. The van der Waals surface area contributed by atoms with Crippen LogP contribution >= 0.6 is 0 Å². The first-order valence-electron chi connectivity index (χ1n) is 12.6. The molecule has 2 fully saturated rings. The number of piperazine rings is 1. The molecule has 2 aliphatic heterocycles. The van der Waals surface area contributed by atoms with E-state index in [2.05, 4.69) is 36.7 Å². The van der Waals surface area contributed by atoms with Crippen molar-refractivity contribution in [3.63, 3.8) is 0 Å². The van der Waals surface area contributed by atoms with E-state index in [0.29, 0.717) is 43.7 Å². The quantitative estimate of drug-likeness (QED) is 0.284. The largest absolute Gasteiger partial charge is 0.419 e. The minimum absolute atomic E-state index is 0.00107. The third-order valence-corrected chi connectivity index (χ3v) is 7.10. The Morgan fingerprint density at radius 3 is 2.36 bits per heavy atom. The van der Waals surface area contributed by atoms with Crippen molar-refractivity contribution in [2.24, 2.45) is 0 Å². The van der Waals surface area contributed by atoms with Crippen LogP contribution in [0.4, 0.5) is 35.3 Å². The van der Waals surface area contributed by atoms with Gasteiger partial charge in [0.25, 0.3) is 0 Å². The van der Waals surface area contributed by atoms with Gasteiger partial charge in [0.15, 0.2) is 12.1 Å². The summed E-state index contributed by atoms with van der Waals surface area (Å²) in [4.78, 5) is 34.0. The Morgan fingerprint density at radius 2 is 1.72 bits per heavy atom. The Morgan fingerprint density at radius 1 is 1.03 bits per heavy atom. The Balaban J connectivity index is 1.35. The molecule has 2 aliphatic rings. The monoisotopic (exact) mass is 547 g/mol. The van der Waals surface area contributed by atoms with E-state index < -0.39 is 24.0 Å². The van der Waals surface area contributed by atoms with Crippen LogP contribution in [0, 0.1) is 0 Å². The number of imidazole rings is 1. The molecule has 39 heavy (non-hydrogen) atoms. The minimum atomic E-state index is -4.53. The van der Waals surface area contributed by atoms with E-state index >= 15 is 0 Å². The number of aromatic nitrogens is 5. The van der Waals surface area contributed by atoms with Crippen molar-refractivity contribution in [3.05, 3.63) is 48.8 Å². The normalized spacial score (nSPS) is 24.2. The molecule has 3 aromatic rings. The smallest absolute Gasteiger partial charge is 0.360 e. The van der Waals surface area contributed by atoms with Crippen LogP contribution in [0.3, 0.4) is 0 Å². The molecule has 0 spiro atoms. The number of alkyl halides is 4. The fraction of sp³-hybridized carbons (Fsp3) is 0.480. The minimum Gasteiger partial charge on any atom is -0.360 e. The molecule has 5 heterocycles. The van der Waals surface area contributed by atoms with Crippen LogP contribution in [0.2, 0.25) is 0 Å². The second-order valence-corrected chi connectivity index (χ2v) is 10.1. The van der Waals surface area contributed by atoms with Gasteiger partial charge in [-0.15, -0.1) is 0 Å². The maximum Gasteiger partial charge on any atom is 0.419 e. The summed E-state index contributed by atoms with van der Waals surface area (Å²) in [5, 5.41) is 2.96. The highest BCUT2D eigenvalue weighted by atomic mass is 19.4. The van der Waals surface area contributed by atoms with Crippen molar-refractivity contribution in [2.75, 3.05) is 41.3 Å². The molecule has 0 aliphatic carbocycles. The summed E-state index contributed by atoms with van der Waals surface area (Å²) >= 11 is 0. The average Bonchev–Trinajstić information content (AvgIpc) is 3.32.